The van der Waals surface area contributed by atoms with Crippen molar-refractivity contribution >= 4 is 11.8 Å². The number of hydrogen-bond acceptors (Lipinski definition) is 4. The largest absolute Gasteiger partial charge is 0.352 e. The monoisotopic (exact) mass is 314 g/mol. The van der Waals surface area contributed by atoms with E-state index in [-0.39, 0.29) is 30.8 Å². The van der Waals surface area contributed by atoms with E-state index in [1.807, 2.05) is 6.92 Å². The van der Waals surface area contributed by atoms with Crippen LogP contribution < -0.4 is 16.4 Å². The zero-order chi connectivity index (χ0) is 16.3. The Morgan fingerprint density at radius 1 is 1.32 bits per heavy atom. The number of carbonyl (C=O) groups excluding carboxylic acids is 2. The van der Waals surface area contributed by atoms with Gasteiger partial charge in [-0.2, -0.15) is 0 Å². The van der Waals surface area contributed by atoms with Gasteiger partial charge in [0.25, 0.3) is 0 Å². The summed E-state index contributed by atoms with van der Waals surface area (Å²) in [5, 5.41) is 5.88. The second-order valence-electron chi connectivity index (χ2n) is 6.54. The summed E-state index contributed by atoms with van der Waals surface area (Å²) < 4.78 is 13.1. The van der Waals surface area contributed by atoms with Gasteiger partial charge in [0.1, 0.15) is 6.17 Å². The Bertz CT molecular complexity index is 410. The van der Waals surface area contributed by atoms with Gasteiger partial charge in [0.15, 0.2) is 0 Å². The molecule has 2 amide bonds. The first-order chi connectivity index (χ1) is 10.4. The first-order valence-corrected chi connectivity index (χ1v) is 8.10. The van der Waals surface area contributed by atoms with Gasteiger partial charge in [-0.25, -0.2) is 4.39 Å². The van der Waals surface area contributed by atoms with Crippen molar-refractivity contribution in [2.75, 3.05) is 19.6 Å². The van der Waals surface area contributed by atoms with E-state index in [2.05, 4.69) is 10.6 Å². The van der Waals surface area contributed by atoms with Crippen LogP contribution in [0.2, 0.25) is 0 Å². The zero-order valence-corrected chi connectivity index (χ0v) is 13.3. The minimum Gasteiger partial charge on any atom is -0.352 e. The lowest BCUT2D eigenvalue weighted by Crippen LogP contribution is -2.51. The fraction of sp³-hybridized carbons (Fsp3) is 0.867. The summed E-state index contributed by atoms with van der Waals surface area (Å²) in [6, 6.07) is -0.853. The van der Waals surface area contributed by atoms with Gasteiger partial charge >= 0.3 is 0 Å². The molecule has 0 radical (unpaired) electrons. The number of hydrogen-bond donors (Lipinski definition) is 3. The highest BCUT2D eigenvalue weighted by Crippen LogP contribution is 2.21. The topological polar surface area (TPSA) is 87.5 Å². The number of nitrogens with two attached hydrogens (primary N) is 1. The number of rotatable bonds is 4. The summed E-state index contributed by atoms with van der Waals surface area (Å²) in [4.78, 5) is 25.7. The van der Waals surface area contributed by atoms with Crippen LogP contribution in [-0.2, 0) is 9.59 Å². The second kappa shape index (κ2) is 7.37. The zero-order valence-electron chi connectivity index (χ0n) is 13.3. The third kappa shape index (κ3) is 4.16. The molecule has 2 rings (SSSR count). The summed E-state index contributed by atoms with van der Waals surface area (Å²) in [7, 11) is 0. The predicted molar refractivity (Wildman–Crippen MR) is 81.9 cm³/mol. The molecule has 4 atom stereocenters. The second-order valence-corrected chi connectivity index (χ2v) is 6.54. The van der Waals surface area contributed by atoms with Crippen LogP contribution in [0.1, 0.15) is 33.1 Å². The van der Waals surface area contributed by atoms with Gasteiger partial charge in [-0.05, 0) is 32.6 Å². The fourth-order valence-corrected chi connectivity index (χ4v) is 3.24. The molecule has 2 heterocycles. The van der Waals surface area contributed by atoms with Crippen LogP contribution >= 0.6 is 0 Å². The van der Waals surface area contributed by atoms with Crippen LogP contribution in [0, 0.1) is 5.92 Å². The van der Waals surface area contributed by atoms with E-state index in [0.717, 1.165) is 12.8 Å². The highest BCUT2D eigenvalue weighted by atomic mass is 19.1. The smallest absolute Gasteiger partial charge is 0.239 e. The molecule has 3 unspecified atom stereocenters. The van der Waals surface area contributed by atoms with E-state index in [4.69, 9.17) is 5.73 Å². The molecule has 6 nitrogen and oxygen atoms in total. The lowest BCUT2D eigenvalue weighted by atomic mass is 9.90. The fourth-order valence-electron chi connectivity index (χ4n) is 3.24. The average molecular weight is 314 g/mol. The summed E-state index contributed by atoms with van der Waals surface area (Å²) in [6.07, 6.45) is 1.02. The molecule has 126 valence electrons. The van der Waals surface area contributed by atoms with Gasteiger partial charge in [-0.3, -0.25) is 9.59 Å². The lowest BCUT2D eigenvalue weighted by Gasteiger charge is -2.36. The number of nitrogens with one attached hydrogen (secondary N) is 2. The van der Waals surface area contributed by atoms with Gasteiger partial charge in [-0.15, -0.1) is 0 Å². The van der Waals surface area contributed by atoms with Crippen LogP contribution in [0.4, 0.5) is 4.39 Å². The van der Waals surface area contributed by atoms with Gasteiger partial charge in [0.05, 0.1) is 12.1 Å². The Morgan fingerprint density at radius 2 is 1.95 bits per heavy atom. The van der Waals surface area contributed by atoms with Crippen molar-refractivity contribution in [1.82, 2.24) is 15.5 Å². The Balaban J connectivity index is 1.76. The molecule has 0 aromatic carbocycles. The lowest BCUT2D eigenvalue weighted by molar-refractivity contribution is -0.134. The number of nitrogens with zero attached hydrogens (tertiary/aromatic N) is 1. The molecule has 7 heteroatoms. The molecule has 0 spiro atoms. The van der Waals surface area contributed by atoms with Crippen molar-refractivity contribution in [1.29, 1.82) is 0 Å². The van der Waals surface area contributed by atoms with Crippen molar-refractivity contribution in [3.63, 3.8) is 0 Å². The summed E-state index contributed by atoms with van der Waals surface area (Å²) >= 11 is 0. The van der Waals surface area contributed by atoms with Crippen molar-refractivity contribution < 1.29 is 14.0 Å². The molecule has 0 bridgehead atoms. The van der Waals surface area contributed by atoms with Crippen LogP contribution in [0.15, 0.2) is 0 Å². The number of likely N-dealkylation sites (tertiary alicyclic amines) is 1. The Labute approximate surface area is 131 Å². The average Bonchev–Trinajstić information content (AvgIpc) is 2.93. The van der Waals surface area contributed by atoms with Gasteiger partial charge in [0, 0.05) is 32.1 Å². The van der Waals surface area contributed by atoms with E-state index >= 15 is 0 Å². The number of alkyl halides is 1. The minimum absolute atomic E-state index is 0.0146. The Hall–Kier alpha value is -1.21. The van der Waals surface area contributed by atoms with Crippen molar-refractivity contribution in [3.05, 3.63) is 0 Å². The molecule has 0 aromatic heterocycles. The quantitative estimate of drug-likeness (QED) is 0.669. The summed E-state index contributed by atoms with van der Waals surface area (Å²) in [5.41, 5.74) is 5.62. The molecule has 22 heavy (non-hydrogen) atoms. The highest BCUT2D eigenvalue weighted by molar-refractivity contribution is 5.82. The molecule has 0 saturated carbocycles. The van der Waals surface area contributed by atoms with Crippen molar-refractivity contribution in [2.24, 2.45) is 11.7 Å². The van der Waals surface area contributed by atoms with Crippen LogP contribution in [0.25, 0.3) is 0 Å². The van der Waals surface area contributed by atoms with E-state index in [0.29, 0.717) is 19.0 Å². The normalized spacial score (nSPS) is 29.2. The maximum absolute atomic E-state index is 13.1. The van der Waals surface area contributed by atoms with Crippen LogP contribution in [-0.4, -0.2) is 60.6 Å². The molecule has 0 aliphatic carbocycles. The number of carbonyl (C=O) groups is 2. The molecule has 2 aliphatic rings. The van der Waals surface area contributed by atoms with Crippen molar-refractivity contribution in [3.8, 4) is 0 Å². The van der Waals surface area contributed by atoms with Gasteiger partial charge in [0.2, 0.25) is 11.8 Å². The Kier molecular flexibility index (Phi) is 5.74. The number of amides is 2. The number of piperidine rings is 1. The molecular formula is C15H27FN4O2. The predicted octanol–water partition coefficient (Wildman–Crippen LogP) is -0.223. The van der Waals surface area contributed by atoms with Crippen LogP contribution in [0.3, 0.4) is 0 Å². The van der Waals surface area contributed by atoms with E-state index in [9.17, 15) is 14.0 Å². The molecular weight excluding hydrogens is 287 g/mol. The van der Waals surface area contributed by atoms with Crippen LogP contribution in [0.5, 0.6) is 0 Å². The van der Waals surface area contributed by atoms with Gasteiger partial charge < -0.3 is 21.3 Å². The first-order valence-electron chi connectivity index (χ1n) is 8.10. The third-order valence-corrected chi connectivity index (χ3v) is 4.71. The molecule has 0 aromatic rings. The summed E-state index contributed by atoms with van der Waals surface area (Å²) in [5.74, 6) is 0.199. The van der Waals surface area contributed by atoms with E-state index in [1.165, 1.54) is 0 Å². The Morgan fingerprint density at radius 3 is 2.45 bits per heavy atom. The van der Waals surface area contributed by atoms with E-state index in [1.54, 1.807) is 11.8 Å². The van der Waals surface area contributed by atoms with Gasteiger partial charge in [-0.1, -0.05) is 0 Å². The maximum Gasteiger partial charge on any atom is 0.239 e. The van der Waals surface area contributed by atoms with Crippen molar-refractivity contribution in [2.45, 2.75) is 57.4 Å². The third-order valence-electron chi connectivity index (χ3n) is 4.71. The standard InChI is InChI=1S/C15H27FN4O2/c1-9(17)15(22)20-5-3-11(4-6-20)10(2)19-14(21)13-7-12(16)8-18-13/h9-13,18H,3-8,17H2,1-2H3,(H,19,21)/t9-,10?,12?,13?/m0/s1. The molecule has 2 aliphatic heterocycles. The maximum atomic E-state index is 13.1. The molecule has 4 N–H and O–H groups in total. The molecule has 2 fully saturated rings. The SMILES string of the molecule is CC(NC(=O)C1CC(F)CN1)C1CCN(C(=O)[C@H](C)N)CC1. The highest BCUT2D eigenvalue weighted by Gasteiger charge is 2.32. The number of halogens is 1. The minimum atomic E-state index is -0.932. The van der Waals surface area contributed by atoms with E-state index < -0.39 is 18.3 Å². The molecule has 2 saturated heterocycles. The first kappa shape index (κ1) is 17.1. The summed E-state index contributed by atoms with van der Waals surface area (Å²) in [6.45, 7) is 5.29.